The number of aromatic nitrogens is 1. The number of likely N-dealkylation sites (N-methyl/N-ethyl adjacent to an activating group) is 1. The van der Waals surface area contributed by atoms with Gasteiger partial charge < -0.3 is 10.1 Å². The van der Waals surface area contributed by atoms with Crippen molar-refractivity contribution in [2.24, 2.45) is 0 Å². The van der Waals surface area contributed by atoms with Crippen molar-refractivity contribution in [3.8, 4) is 5.88 Å². The Morgan fingerprint density at radius 1 is 1.59 bits per heavy atom. The molecule has 17 heavy (non-hydrogen) atoms. The second-order valence-electron chi connectivity index (χ2n) is 4.71. The van der Waals surface area contributed by atoms with Crippen LogP contribution in [0.3, 0.4) is 0 Å². The molecule has 2 rings (SSSR count). The molecule has 0 aliphatic heterocycles. The monoisotopic (exact) mass is 235 g/mol. The maximum atomic E-state index is 5.10. The maximum absolute atomic E-state index is 5.10. The summed E-state index contributed by atoms with van der Waals surface area (Å²) in [4.78, 5) is 6.54. The fraction of sp³-hybridized carbons (Fsp3) is 0.615. The van der Waals surface area contributed by atoms with Gasteiger partial charge in [0.05, 0.1) is 7.11 Å². The molecule has 1 unspecified atom stereocenters. The first-order valence-corrected chi connectivity index (χ1v) is 6.16. The molecule has 1 atom stereocenters. The first-order valence-electron chi connectivity index (χ1n) is 6.16. The minimum atomic E-state index is 0.543. The molecule has 0 radical (unpaired) electrons. The van der Waals surface area contributed by atoms with Crippen LogP contribution < -0.4 is 10.1 Å². The predicted molar refractivity (Wildman–Crippen MR) is 69.5 cm³/mol. The Kier molecular flexibility index (Phi) is 3.84. The number of nitrogens with zero attached hydrogens (tertiary/aromatic N) is 2. The summed E-state index contributed by atoms with van der Waals surface area (Å²) in [5, 5.41) is 3.42. The molecule has 1 aliphatic carbocycles. The van der Waals surface area contributed by atoms with E-state index in [2.05, 4.69) is 29.2 Å². The van der Waals surface area contributed by atoms with Crippen molar-refractivity contribution >= 4 is 5.69 Å². The lowest BCUT2D eigenvalue weighted by atomic mass is 10.2. The van der Waals surface area contributed by atoms with Crippen molar-refractivity contribution in [1.82, 2.24) is 9.88 Å². The van der Waals surface area contributed by atoms with Crippen molar-refractivity contribution in [3.05, 3.63) is 18.3 Å². The van der Waals surface area contributed by atoms with Gasteiger partial charge >= 0.3 is 0 Å². The van der Waals surface area contributed by atoms with E-state index in [1.165, 1.54) is 12.8 Å². The van der Waals surface area contributed by atoms with E-state index < -0.39 is 0 Å². The molecule has 1 saturated carbocycles. The van der Waals surface area contributed by atoms with Crippen LogP contribution in [0.25, 0.3) is 0 Å². The summed E-state index contributed by atoms with van der Waals surface area (Å²) in [6.07, 6.45) is 4.46. The van der Waals surface area contributed by atoms with Gasteiger partial charge in [-0.3, -0.25) is 4.90 Å². The number of hydrogen-bond donors (Lipinski definition) is 1. The number of hydrogen-bond acceptors (Lipinski definition) is 4. The Morgan fingerprint density at radius 3 is 3.00 bits per heavy atom. The number of nitrogens with one attached hydrogen (secondary N) is 1. The molecule has 0 bridgehead atoms. The van der Waals surface area contributed by atoms with Crippen molar-refractivity contribution < 1.29 is 4.74 Å². The summed E-state index contributed by atoms with van der Waals surface area (Å²) < 4.78 is 5.10. The smallest absolute Gasteiger partial charge is 0.214 e. The van der Waals surface area contributed by atoms with Gasteiger partial charge in [-0.2, -0.15) is 0 Å². The van der Waals surface area contributed by atoms with Crippen LogP contribution in [0, 0.1) is 0 Å². The lowest BCUT2D eigenvalue weighted by Gasteiger charge is -2.25. The first kappa shape index (κ1) is 12.2. The van der Waals surface area contributed by atoms with Gasteiger partial charge in [0.1, 0.15) is 0 Å². The summed E-state index contributed by atoms with van der Waals surface area (Å²) in [5.74, 6) is 0.651. The Hall–Kier alpha value is -1.29. The molecule has 94 valence electrons. The molecule has 4 heteroatoms. The lowest BCUT2D eigenvalue weighted by molar-refractivity contribution is 0.257. The van der Waals surface area contributed by atoms with E-state index >= 15 is 0 Å². The Bertz CT molecular complexity index is 365. The van der Waals surface area contributed by atoms with Gasteiger partial charge in [0.15, 0.2) is 0 Å². The minimum Gasteiger partial charge on any atom is -0.481 e. The summed E-state index contributed by atoms with van der Waals surface area (Å²) in [5.41, 5.74) is 1.06. The van der Waals surface area contributed by atoms with Gasteiger partial charge in [-0.25, -0.2) is 4.98 Å². The average molecular weight is 235 g/mol. The van der Waals surface area contributed by atoms with Crippen molar-refractivity contribution in [2.75, 3.05) is 26.0 Å². The van der Waals surface area contributed by atoms with E-state index in [1.807, 2.05) is 12.1 Å². The fourth-order valence-electron chi connectivity index (χ4n) is 1.88. The quantitative estimate of drug-likeness (QED) is 0.818. The van der Waals surface area contributed by atoms with Gasteiger partial charge in [0.25, 0.3) is 0 Å². The molecule has 0 amide bonds. The molecule has 0 saturated heterocycles. The zero-order chi connectivity index (χ0) is 12.3. The van der Waals surface area contributed by atoms with Crippen LogP contribution in [-0.2, 0) is 0 Å². The van der Waals surface area contributed by atoms with Crippen molar-refractivity contribution in [2.45, 2.75) is 31.8 Å². The van der Waals surface area contributed by atoms with E-state index in [4.69, 9.17) is 4.74 Å². The van der Waals surface area contributed by atoms with E-state index in [9.17, 15) is 0 Å². The molecule has 1 aromatic rings. The zero-order valence-corrected chi connectivity index (χ0v) is 10.8. The second-order valence-corrected chi connectivity index (χ2v) is 4.71. The van der Waals surface area contributed by atoms with Crippen molar-refractivity contribution in [1.29, 1.82) is 0 Å². The topological polar surface area (TPSA) is 37.4 Å². The van der Waals surface area contributed by atoms with Gasteiger partial charge in [-0.1, -0.05) is 0 Å². The number of rotatable bonds is 6. The summed E-state index contributed by atoms with van der Waals surface area (Å²) in [6, 6.07) is 5.23. The Morgan fingerprint density at radius 2 is 2.35 bits per heavy atom. The van der Waals surface area contributed by atoms with Gasteiger partial charge in [-0.05, 0) is 32.9 Å². The van der Waals surface area contributed by atoms with Crippen LogP contribution in [0.2, 0.25) is 0 Å². The predicted octanol–water partition coefficient (Wildman–Crippen LogP) is 1.98. The van der Waals surface area contributed by atoms with Crippen molar-refractivity contribution in [3.63, 3.8) is 0 Å². The number of ether oxygens (including phenoxy) is 1. The largest absolute Gasteiger partial charge is 0.481 e. The fourth-order valence-corrected chi connectivity index (χ4v) is 1.88. The van der Waals surface area contributed by atoms with E-state index in [-0.39, 0.29) is 0 Å². The van der Waals surface area contributed by atoms with Gasteiger partial charge in [0, 0.05) is 36.6 Å². The SMILES string of the molecule is COc1cc(NCC(C)N(C)C2CC2)ccn1. The third-order valence-corrected chi connectivity index (χ3v) is 3.36. The molecule has 1 aromatic heterocycles. The summed E-state index contributed by atoms with van der Waals surface area (Å²) in [6.45, 7) is 3.20. The number of pyridine rings is 1. The molecular formula is C13H21N3O. The third-order valence-electron chi connectivity index (χ3n) is 3.36. The highest BCUT2D eigenvalue weighted by atomic mass is 16.5. The molecule has 1 N–H and O–H groups in total. The Balaban J connectivity index is 1.83. The van der Waals surface area contributed by atoms with Crippen LogP contribution in [0.15, 0.2) is 18.3 Å². The van der Waals surface area contributed by atoms with E-state index in [0.29, 0.717) is 11.9 Å². The van der Waals surface area contributed by atoms with E-state index in [0.717, 1.165) is 18.3 Å². The van der Waals surface area contributed by atoms with Crippen LogP contribution in [0.5, 0.6) is 5.88 Å². The Labute approximate surface area is 103 Å². The average Bonchev–Trinajstić information content (AvgIpc) is 3.19. The van der Waals surface area contributed by atoms with Gasteiger partial charge in [0.2, 0.25) is 5.88 Å². The molecule has 0 spiro atoms. The highest BCUT2D eigenvalue weighted by molar-refractivity contribution is 5.45. The van der Waals surface area contributed by atoms with Crippen LogP contribution in [-0.4, -0.2) is 42.7 Å². The first-order chi connectivity index (χ1) is 8.20. The number of methoxy groups -OCH3 is 1. The van der Waals surface area contributed by atoms with Crippen LogP contribution in [0.4, 0.5) is 5.69 Å². The number of anilines is 1. The van der Waals surface area contributed by atoms with Gasteiger partial charge in [-0.15, -0.1) is 0 Å². The highest BCUT2D eigenvalue weighted by Crippen LogP contribution is 2.27. The minimum absolute atomic E-state index is 0.543. The summed E-state index contributed by atoms with van der Waals surface area (Å²) in [7, 11) is 3.84. The molecule has 1 fully saturated rings. The maximum Gasteiger partial charge on any atom is 0.214 e. The molecule has 4 nitrogen and oxygen atoms in total. The van der Waals surface area contributed by atoms with E-state index in [1.54, 1.807) is 13.3 Å². The van der Waals surface area contributed by atoms with Crippen LogP contribution >= 0.6 is 0 Å². The second kappa shape index (κ2) is 5.36. The highest BCUT2D eigenvalue weighted by Gasteiger charge is 2.28. The summed E-state index contributed by atoms with van der Waals surface area (Å²) >= 11 is 0. The molecule has 1 heterocycles. The zero-order valence-electron chi connectivity index (χ0n) is 10.8. The molecule has 1 aliphatic rings. The molecular weight excluding hydrogens is 214 g/mol. The van der Waals surface area contributed by atoms with Crippen LogP contribution in [0.1, 0.15) is 19.8 Å². The normalized spacial score (nSPS) is 16.9. The molecule has 0 aromatic carbocycles. The standard InChI is InChI=1S/C13H21N3O/c1-10(16(2)12-4-5-12)9-15-11-6-7-14-13(8-11)17-3/h6-8,10,12H,4-5,9H2,1-3H3,(H,14,15). The third kappa shape index (κ3) is 3.33. The lowest BCUT2D eigenvalue weighted by Crippen LogP contribution is -2.36.